The zero-order valence-corrected chi connectivity index (χ0v) is 7.47. The molecule has 0 bridgehead atoms. The average Bonchev–Trinajstić information content (AvgIpc) is 2.19. The number of hydrogen-bond donors (Lipinski definition) is 1. The van der Waals surface area contributed by atoms with E-state index in [1.165, 1.54) is 12.1 Å². The van der Waals surface area contributed by atoms with Gasteiger partial charge in [0.25, 0.3) is 0 Å². The summed E-state index contributed by atoms with van der Waals surface area (Å²) >= 11 is 0. The Morgan fingerprint density at radius 2 is 2.09 bits per heavy atom. The highest BCUT2D eigenvalue weighted by Gasteiger charge is 1.86. The first-order valence-corrected chi connectivity index (χ1v) is 2.90. The molecule has 4 heteroatoms. The lowest BCUT2D eigenvalue weighted by Gasteiger charge is -1.86. The van der Waals surface area contributed by atoms with Crippen LogP contribution in [0.5, 0.6) is 0 Å². The van der Waals surface area contributed by atoms with Crippen LogP contribution >= 0.6 is 24.8 Å². The smallest absolute Gasteiger partial charge is 0.0921 e. The summed E-state index contributed by atoms with van der Waals surface area (Å²) in [5.74, 6) is 0. The zero-order chi connectivity index (χ0) is 5.82. The van der Waals surface area contributed by atoms with Crippen molar-refractivity contribution in [3.63, 3.8) is 0 Å². The molecule has 0 fully saturated rings. The van der Waals surface area contributed by atoms with E-state index in [4.69, 9.17) is 0 Å². The Morgan fingerprint density at radius 1 is 1.45 bits per heavy atom. The third kappa shape index (κ3) is 6.20. The molecule has 1 aromatic rings. The van der Waals surface area contributed by atoms with Crippen LogP contribution in [-0.4, -0.2) is 9.97 Å². The number of nitrogens with zero attached hydrogens (tertiary/aromatic N) is 1. The molecule has 0 aliphatic carbocycles. The molecule has 68 valence electrons. The van der Waals surface area contributed by atoms with Crippen molar-refractivity contribution >= 4 is 24.8 Å². The molecular weight excluding hydrogens is 183 g/mol. The average molecular weight is 199 g/mol. The van der Waals surface area contributed by atoms with Crippen LogP contribution in [0.4, 0.5) is 0 Å². The Labute approximate surface area is 80.6 Å². The van der Waals surface area contributed by atoms with E-state index in [1.54, 1.807) is 6.33 Å². The monoisotopic (exact) mass is 198 g/mol. The number of hydrogen-bond acceptors (Lipinski definition) is 1. The normalized spacial score (nSPS) is 7.00. The van der Waals surface area contributed by atoms with Crippen molar-refractivity contribution in [3.8, 4) is 0 Å². The number of rotatable bonds is 2. The van der Waals surface area contributed by atoms with Crippen LogP contribution in [0, 0.1) is 0 Å². The number of aromatic amines is 1. The quantitative estimate of drug-likeness (QED) is 0.779. The van der Waals surface area contributed by atoms with E-state index in [2.05, 4.69) is 16.9 Å². The number of halogens is 2. The summed E-state index contributed by atoms with van der Waals surface area (Å²) in [4.78, 5) is 6.91. The third-order valence-electron chi connectivity index (χ3n) is 1.07. The van der Waals surface area contributed by atoms with E-state index in [0.717, 1.165) is 6.42 Å². The molecule has 0 radical (unpaired) electrons. The van der Waals surface area contributed by atoms with Crippen LogP contribution in [0.25, 0.3) is 0 Å². The molecule has 0 spiro atoms. The SMILES string of the molecule is C.CCCc1cnc[nH]1.Cl.Cl. The van der Waals surface area contributed by atoms with Gasteiger partial charge in [-0.25, -0.2) is 4.98 Å². The minimum atomic E-state index is 0. The molecular formula is C7H16Cl2N2. The third-order valence-corrected chi connectivity index (χ3v) is 1.07. The summed E-state index contributed by atoms with van der Waals surface area (Å²) in [6.07, 6.45) is 5.87. The highest BCUT2D eigenvalue weighted by Crippen LogP contribution is 1.93. The number of aryl methyl sites for hydroxylation is 1. The Balaban J connectivity index is -0.000000213. The van der Waals surface area contributed by atoms with Crippen molar-refractivity contribution in [3.05, 3.63) is 18.2 Å². The standard InChI is InChI=1S/C6H10N2.CH4.2ClH/c1-2-3-6-4-7-5-8-6;;;/h4-5H,2-3H2,1H3,(H,7,8);1H4;2*1H. The summed E-state index contributed by atoms with van der Waals surface area (Å²) in [5.41, 5.74) is 1.23. The summed E-state index contributed by atoms with van der Waals surface area (Å²) in [6.45, 7) is 2.15. The van der Waals surface area contributed by atoms with Gasteiger partial charge in [-0.3, -0.25) is 0 Å². The van der Waals surface area contributed by atoms with Crippen molar-refractivity contribution in [1.82, 2.24) is 9.97 Å². The highest BCUT2D eigenvalue weighted by molar-refractivity contribution is 5.85. The van der Waals surface area contributed by atoms with Gasteiger partial charge in [-0.15, -0.1) is 24.8 Å². The predicted octanol–water partition coefficient (Wildman–Crippen LogP) is 2.84. The molecule has 1 aromatic heterocycles. The maximum Gasteiger partial charge on any atom is 0.0921 e. The molecule has 0 aromatic carbocycles. The molecule has 1 rings (SSSR count). The van der Waals surface area contributed by atoms with Crippen LogP contribution in [0.1, 0.15) is 26.5 Å². The Kier molecular flexibility index (Phi) is 15.2. The first-order chi connectivity index (χ1) is 3.93. The van der Waals surface area contributed by atoms with Gasteiger partial charge in [0.15, 0.2) is 0 Å². The van der Waals surface area contributed by atoms with Crippen molar-refractivity contribution < 1.29 is 0 Å². The molecule has 0 saturated carbocycles. The Bertz CT molecular complexity index is 140. The van der Waals surface area contributed by atoms with Gasteiger partial charge in [0.05, 0.1) is 6.33 Å². The minimum absolute atomic E-state index is 0. The number of H-pyrrole nitrogens is 1. The van der Waals surface area contributed by atoms with Crippen molar-refractivity contribution in [2.75, 3.05) is 0 Å². The highest BCUT2D eigenvalue weighted by atomic mass is 35.5. The summed E-state index contributed by atoms with van der Waals surface area (Å²) < 4.78 is 0. The van der Waals surface area contributed by atoms with E-state index >= 15 is 0 Å². The fourth-order valence-corrected chi connectivity index (χ4v) is 0.691. The van der Waals surface area contributed by atoms with Crippen LogP contribution in [-0.2, 0) is 6.42 Å². The van der Waals surface area contributed by atoms with Gasteiger partial charge in [-0.2, -0.15) is 0 Å². The molecule has 0 aliphatic heterocycles. The van der Waals surface area contributed by atoms with Gasteiger partial charge in [-0.05, 0) is 6.42 Å². The van der Waals surface area contributed by atoms with Gasteiger partial charge in [-0.1, -0.05) is 20.8 Å². The van der Waals surface area contributed by atoms with Gasteiger partial charge in [0, 0.05) is 11.9 Å². The molecule has 0 unspecified atom stereocenters. The van der Waals surface area contributed by atoms with Gasteiger partial charge >= 0.3 is 0 Å². The topological polar surface area (TPSA) is 28.7 Å². The Morgan fingerprint density at radius 3 is 2.45 bits per heavy atom. The van der Waals surface area contributed by atoms with Crippen molar-refractivity contribution in [2.24, 2.45) is 0 Å². The molecule has 0 amide bonds. The van der Waals surface area contributed by atoms with Gasteiger partial charge in [0.2, 0.25) is 0 Å². The maximum atomic E-state index is 3.89. The molecule has 0 aliphatic rings. The lowest BCUT2D eigenvalue weighted by molar-refractivity contribution is 0.892. The number of nitrogens with one attached hydrogen (secondary N) is 1. The number of aromatic nitrogens is 2. The van der Waals surface area contributed by atoms with E-state index in [1.807, 2.05) is 6.20 Å². The second kappa shape index (κ2) is 9.79. The van der Waals surface area contributed by atoms with E-state index < -0.39 is 0 Å². The van der Waals surface area contributed by atoms with Gasteiger partial charge in [0.1, 0.15) is 0 Å². The van der Waals surface area contributed by atoms with E-state index in [9.17, 15) is 0 Å². The van der Waals surface area contributed by atoms with Crippen LogP contribution in [0.3, 0.4) is 0 Å². The first-order valence-electron chi connectivity index (χ1n) is 2.90. The van der Waals surface area contributed by atoms with Crippen LogP contribution in [0.15, 0.2) is 12.5 Å². The molecule has 0 saturated heterocycles. The first kappa shape index (κ1) is 17.0. The molecule has 0 atom stereocenters. The molecule has 2 nitrogen and oxygen atoms in total. The van der Waals surface area contributed by atoms with Crippen molar-refractivity contribution in [1.29, 1.82) is 0 Å². The Hall–Kier alpha value is -0.210. The lowest BCUT2D eigenvalue weighted by atomic mass is 10.3. The van der Waals surface area contributed by atoms with E-state index in [0.29, 0.717) is 0 Å². The van der Waals surface area contributed by atoms with Gasteiger partial charge < -0.3 is 4.98 Å². The largest absolute Gasteiger partial charge is 0.348 e. The summed E-state index contributed by atoms with van der Waals surface area (Å²) in [5, 5.41) is 0. The minimum Gasteiger partial charge on any atom is -0.348 e. The number of imidazole rings is 1. The van der Waals surface area contributed by atoms with Crippen molar-refractivity contribution in [2.45, 2.75) is 27.2 Å². The summed E-state index contributed by atoms with van der Waals surface area (Å²) in [6, 6.07) is 0. The van der Waals surface area contributed by atoms with Crippen LogP contribution in [0.2, 0.25) is 0 Å². The fourth-order valence-electron chi connectivity index (χ4n) is 0.691. The van der Waals surface area contributed by atoms with E-state index in [-0.39, 0.29) is 32.2 Å². The summed E-state index contributed by atoms with van der Waals surface area (Å²) in [7, 11) is 0. The predicted molar refractivity (Wildman–Crippen MR) is 53.8 cm³/mol. The lowest BCUT2D eigenvalue weighted by Crippen LogP contribution is -1.79. The second-order valence-electron chi connectivity index (χ2n) is 1.83. The fraction of sp³-hybridized carbons (Fsp3) is 0.571. The maximum absolute atomic E-state index is 3.89. The van der Waals surface area contributed by atoms with Crippen LogP contribution < -0.4 is 0 Å². The molecule has 1 N–H and O–H groups in total. The molecule has 11 heavy (non-hydrogen) atoms. The molecule has 1 heterocycles. The second-order valence-corrected chi connectivity index (χ2v) is 1.83. The zero-order valence-electron chi connectivity index (χ0n) is 5.83.